The minimum atomic E-state index is 0.0656. The Labute approximate surface area is 113 Å². The van der Waals surface area contributed by atoms with Crippen molar-refractivity contribution in [3.05, 3.63) is 11.4 Å². The van der Waals surface area contributed by atoms with Crippen molar-refractivity contribution in [2.45, 2.75) is 32.6 Å². The minimum Gasteiger partial charge on any atom is -0.344 e. The minimum absolute atomic E-state index is 0.0656. The lowest BCUT2D eigenvalue weighted by Crippen LogP contribution is -2.39. The van der Waals surface area contributed by atoms with Crippen molar-refractivity contribution in [2.24, 2.45) is 0 Å². The van der Waals surface area contributed by atoms with Crippen LogP contribution in [0.4, 0.5) is 0 Å². The molecule has 0 radical (unpaired) electrons. The average Bonchev–Trinajstić information content (AvgIpc) is 2.82. The van der Waals surface area contributed by atoms with Gasteiger partial charge in [0.25, 0.3) is 0 Å². The molecule has 1 aliphatic heterocycles. The van der Waals surface area contributed by atoms with E-state index in [0.29, 0.717) is 11.4 Å². The van der Waals surface area contributed by atoms with E-state index in [1.165, 1.54) is 19.3 Å². The van der Waals surface area contributed by atoms with Gasteiger partial charge < -0.3 is 9.80 Å². The van der Waals surface area contributed by atoms with Gasteiger partial charge in [-0.2, -0.15) is 0 Å². The van der Waals surface area contributed by atoms with Crippen LogP contribution in [0.5, 0.6) is 0 Å². The molecule has 1 aromatic rings. The Bertz CT molecular complexity index is 413. The van der Waals surface area contributed by atoms with E-state index in [1.807, 2.05) is 7.05 Å². The summed E-state index contributed by atoms with van der Waals surface area (Å²) >= 11 is 0. The SMILES string of the molecule is Cc1nonc1CC(=O)N(C)CCN1CCCCC1. The number of likely N-dealkylation sites (tertiary alicyclic amines) is 1. The van der Waals surface area contributed by atoms with Crippen LogP contribution in [0.25, 0.3) is 0 Å². The summed E-state index contributed by atoms with van der Waals surface area (Å²) in [5, 5.41) is 7.43. The van der Waals surface area contributed by atoms with Crippen LogP contribution in [-0.4, -0.2) is 59.2 Å². The summed E-state index contributed by atoms with van der Waals surface area (Å²) in [4.78, 5) is 16.2. The predicted molar refractivity (Wildman–Crippen MR) is 70.7 cm³/mol. The Morgan fingerprint density at radius 1 is 1.32 bits per heavy atom. The predicted octanol–water partition coefficient (Wildman–Crippen LogP) is 0.865. The second kappa shape index (κ2) is 6.65. The molecule has 106 valence electrons. The molecule has 1 fully saturated rings. The molecule has 2 heterocycles. The quantitative estimate of drug-likeness (QED) is 0.791. The molecule has 1 amide bonds. The molecule has 6 heteroatoms. The third-order valence-corrected chi connectivity index (χ3v) is 3.69. The van der Waals surface area contributed by atoms with Gasteiger partial charge in [-0.05, 0) is 32.9 Å². The monoisotopic (exact) mass is 266 g/mol. The van der Waals surface area contributed by atoms with Crippen LogP contribution in [0.1, 0.15) is 30.7 Å². The fourth-order valence-corrected chi connectivity index (χ4v) is 2.29. The molecule has 6 nitrogen and oxygen atoms in total. The fourth-order valence-electron chi connectivity index (χ4n) is 2.29. The molecule has 1 aliphatic rings. The van der Waals surface area contributed by atoms with Crippen LogP contribution in [0, 0.1) is 6.92 Å². The Morgan fingerprint density at radius 2 is 2.05 bits per heavy atom. The second-order valence-corrected chi connectivity index (χ2v) is 5.19. The topological polar surface area (TPSA) is 62.5 Å². The van der Waals surface area contributed by atoms with Crippen molar-refractivity contribution in [2.75, 3.05) is 33.2 Å². The summed E-state index contributed by atoms with van der Waals surface area (Å²) in [6.07, 6.45) is 4.17. The Kier molecular flexibility index (Phi) is 4.90. The van der Waals surface area contributed by atoms with Crippen LogP contribution in [0.2, 0.25) is 0 Å². The van der Waals surface area contributed by atoms with E-state index < -0.39 is 0 Å². The molecule has 0 spiro atoms. The van der Waals surface area contributed by atoms with E-state index in [0.717, 1.165) is 26.2 Å². The van der Waals surface area contributed by atoms with Gasteiger partial charge in [0.15, 0.2) is 0 Å². The number of hydrogen-bond acceptors (Lipinski definition) is 5. The maximum absolute atomic E-state index is 12.0. The van der Waals surface area contributed by atoms with Crippen molar-refractivity contribution in [1.29, 1.82) is 0 Å². The smallest absolute Gasteiger partial charge is 0.228 e. The number of carbonyl (C=O) groups is 1. The van der Waals surface area contributed by atoms with Gasteiger partial charge >= 0.3 is 0 Å². The van der Waals surface area contributed by atoms with E-state index >= 15 is 0 Å². The summed E-state index contributed by atoms with van der Waals surface area (Å²) in [6.45, 7) is 5.84. The maximum Gasteiger partial charge on any atom is 0.228 e. The molecule has 1 saturated heterocycles. The first-order chi connectivity index (χ1) is 9.16. The van der Waals surface area contributed by atoms with E-state index in [1.54, 1.807) is 11.8 Å². The van der Waals surface area contributed by atoms with Crippen molar-refractivity contribution in [3.63, 3.8) is 0 Å². The molecular weight excluding hydrogens is 244 g/mol. The Hall–Kier alpha value is -1.43. The summed E-state index contributed by atoms with van der Waals surface area (Å²) in [7, 11) is 1.84. The van der Waals surface area contributed by atoms with Crippen LogP contribution in [-0.2, 0) is 11.2 Å². The third-order valence-electron chi connectivity index (χ3n) is 3.69. The third kappa shape index (κ3) is 4.02. The summed E-state index contributed by atoms with van der Waals surface area (Å²) in [6, 6.07) is 0. The molecule has 0 bridgehead atoms. The van der Waals surface area contributed by atoms with E-state index in [4.69, 9.17) is 0 Å². The molecular formula is C13H22N4O2. The first kappa shape index (κ1) is 14.0. The summed E-state index contributed by atoms with van der Waals surface area (Å²) in [5.74, 6) is 0.0656. The zero-order valence-electron chi connectivity index (χ0n) is 11.8. The molecule has 2 rings (SSSR count). The number of carbonyl (C=O) groups excluding carboxylic acids is 1. The van der Waals surface area contributed by atoms with Gasteiger partial charge in [0.05, 0.1) is 6.42 Å². The highest BCUT2D eigenvalue weighted by atomic mass is 16.6. The number of rotatable bonds is 5. The van der Waals surface area contributed by atoms with Crippen molar-refractivity contribution in [1.82, 2.24) is 20.1 Å². The number of nitrogens with zero attached hydrogens (tertiary/aromatic N) is 4. The zero-order valence-corrected chi connectivity index (χ0v) is 11.8. The first-order valence-corrected chi connectivity index (χ1v) is 6.91. The van der Waals surface area contributed by atoms with Gasteiger partial charge in [-0.1, -0.05) is 16.7 Å². The number of aryl methyl sites for hydroxylation is 1. The number of piperidine rings is 1. The lowest BCUT2D eigenvalue weighted by molar-refractivity contribution is -0.129. The van der Waals surface area contributed by atoms with Crippen LogP contribution in [0.3, 0.4) is 0 Å². The maximum atomic E-state index is 12.0. The van der Waals surface area contributed by atoms with Gasteiger partial charge in [0.1, 0.15) is 11.4 Å². The van der Waals surface area contributed by atoms with Gasteiger partial charge in [-0.3, -0.25) is 4.79 Å². The number of hydrogen-bond donors (Lipinski definition) is 0. The van der Waals surface area contributed by atoms with Gasteiger partial charge in [-0.15, -0.1) is 0 Å². The molecule has 1 aromatic heterocycles. The van der Waals surface area contributed by atoms with Gasteiger partial charge in [0, 0.05) is 20.1 Å². The average molecular weight is 266 g/mol. The lowest BCUT2D eigenvalue weighted by Gasteiger charge is -2.28. The Morgan fingerprint density at radius 3 is 2.68 bits per heavy atom. The largest absolute Gasteiger partial charge is 0.344 e. The van der Waals surface area contributed by atoms with Crippen LogP contribution in [0.15, 0.2) is 4.63 Å². The first-order valence-electron chi connectivity index (χ1n) is 6.91. The summed E-state index contributed by atoms with van der Waals surface area (Å²) < 4.78 is 4.60. The normalized spacial score (nSPS) is 16.5. The molecule has 0 saturated carbocycles. The highest BCUT2D eigenvalue weighted by Crippen LogP contribution is 2.08. The van der Waals surface area contributed by atoms with E-state index in [-0.39, 0.29) is 12.3 Å². The summed E-state index contributed by atoms with van der Waals surface area (Å²) in [5.41, 5.74) is 1.33. The van der Waals surface area contributed by atoms with Crippen molar-refractivity contribution < 1.29 is 9.42 Å². The molecule has 0 unspecified atom stereocenters. The number of amides is 1. The van der Waals surface area contributed by atoms with Gasteiger partial charge in [-0.25, -0.2) is 4.63 Å². The Balaban J connectivity index is 1.74. The molecule has 0 aromatic carbocycles. The standard InChI is InChI=1S/C13H22N4O2/c1-11-12(15-19-14-11)10-13(18)16(2)8-9-17-6-4-3-5-7-17/h3-10H2,1-2H3. The van der Waals surface area contributed by atoms with Crippen LogP contribution < -0.4 is 0 Å². The molecule has 0 N–H and O–H groups in total. The molecule has 0 aliphatic carbocycles. The highest BCUT2D eigenvalue weighted by Gasteiger charge is 2.16. The lowest BCUT2D eigenvalue weighted by atomic mass is 10.1. The van der Waals surface area contributed by atoms with Crippen molar-refractivity contribution in [3.8, 4) is 0 Å². The highest BCUT2D eigenvalue weighted by molar-refractivity contribution is 5.78. The van der Waals surface area contributed by atoms with Crippen molar-refractivity contribution >= 4 is 5.91 Å². The van der Waals surface area contributed by atoms with E-state index in [2.05, 4.69) is 19.8 Å². The van der Waals surface area contributed by atoms with Crippen LogP contribution >= 0.6 is 0 Å². The molecule has 19 heavy (non-hydrogen) atoms. The fraction of sp³-hybridized carbons (Fsp3) is 0.769. The number of likely N-dealkylation sites (N-methyl/N-ethyl adjacent to an activating group) is 1. The molecule has 0 atom stereocenters. The number of aromatic nitrogens is 2. The van der Waals surface area contributed by atoms with Gasteiger partial charge in [0.2, 0.25) is 5.91 Å². The zero-order chi connectivity index (χ0) is 13.7. The van der Waals surface area contributed by atoms with E-state index in [9.17, 15) is 4.79 Å². The second-order valence-electron chi connectivity index (χ2n) is 5.19.